The Morgan fingerprint density at radius 3 is 2.46 bits per heavy atom. The lowest BCUT2D eigenvalue weighted by Crippen LogP contribution is -2.44. The topological polar surface area (TPSA) is 42.4 Å². The van der Waals surface area contributed by atoms with Crippen LogP contribution in [0.3, 0.4) is 0 Å². The summed E-state index contributed by atoms with van der Waals surface area (Å²) < 4.78 is 6.66. The zero-order valence-corrected chi connectivity index (χ0v) is 18.3. The molecule has 24 heavy (non-hydrogen) atoms. The summed E-state index contributed by atoms with van der Waals surface area (Å²) in [4.78, 5) is 4.53. The van der Waals surface area contributed by atoms with Gasteiger partial charge in [-0.1, -0.05) is 32.4 Å². The van der Waals surface area contributed by atoms with Crippen LogP contribution in [-0.4, -0.2) is 31.1 Å². The van der Waals surface area contributed by atoms with Crippen LogP contribution in [0.1, 0.15) is 51.7 Å². The molecule has 0 saturated heterocycles. The van der Waals surface area contributed by atoms with Crippen LogP contribution in [-0.2, 0) is 4.43 Å². The van der Waals surface area contributed by atoms with Gasteiger partial charge in [0.2, 0.25) is 0 Å². The fourth-order valence-electron chi connectivity index (χ4n) is 2.00. The first-order valence-corrected chi connectivity index (χ1v) is 12.3. The maximum atomic E-state index is 9.26. The number of nitrogens with zero attached hydrogens (tertiary/aromatic N) is 1. The van der Waals surface area contributed by atoms with Crippen molar-refractivity contribution in [2.24, 2.45) is 0 Å². The van der Waals surface area contributed by atoms with Crippen LogP contribution in [0.25, 0.3) is 6.08 Å². The third-order valence-electron chi connectivity index (χ3n) is 4.69. The molecule has 0 unspecified atom stereocenters. The van der Waals surface area contributed by atoms with Crippen LogP contribution >= 0.6 is 11.3 Å². The Morgan fingerprint density at radius 2 is 2.00 bits per heavy atom. The molecule has 0 aliphatic heterocycles. The molecule has 1 heterocycles. The van der Waals surface area contributed by atoms with Gasteiger partial charge in [-0.25, -0.2) is 4.98 Å². The average Bonchev–Trinajstić information content (AvgIpc) is 2.86. The molecule has 1 N–H and O–H groups in total. The monoisotopic (exact) mass is 367 g/mol. The molecule has 0 aliphatic rings. The van der Waals surface area contributed by atoms with E-state index in [1.807, 2.05) is 13.8 Å². The van der Waals surface area contributed by atoms with Crippen LogP contribution in [0.2, 0.25) is 18.1 Å². The molecule has 3 nitrogen and oxygen atoms in total. The molecule has 0 saturated carbocycles. The smallest absolute Gasteiger partial charge is 0.192 e. The second kappa shape index (κ2) is 8.56. The van der Waals surface area contributed by atoms with Crippen molar-refractivity contribution in [2.75, 3.05) is 6.61 Å². The third kappa shape index (κ3) is 6.28. The fraction of sp³-hybridized carbons (Fsp3) is 0.632. The quantitative estimate of drug-likeness (QED) is 0.506. The summed E-state index contributed by atoms with van der Waals surface area (Å²) in [6, 6.07) is 0. The van der Waals surface area contributed by atoms with Crippen molar-refractivity contribution in [2.45, 2.75) is 72.2 Å². The molecule has 0 aromatic carbocycles. The Labute approximate surface area is 152 Å². The molecule has 0 aliphatic carbocycles. The van der Waals surface area contributed by atoms with Crippen molar-refractivity contribution in [1.82, 2.24) is 4.98 Å². The second-order valence-corrected chi connectivity index (χ2v) is 13.8. The van der Waals surface area contributed by atoms with Gasteiger partial charge in [-0.2, -0.15) is 0 Å². The highest BCUT2D eigenvalue weighted by Gasteiger charge is 2.39. The van der Waals surface area contributed by atoms with Crippen molar-refractivity contribution in [3.8, 4) is 0 Å². The number of thiazole rings is 1. The Hall–Kier alpha value is -0.753. The lowest BCUT2D eigenvalue weighted by molar-refractivity contribution is 0.217. The standard InChI is InChI=1S/C19H33NO2SSi/c1-14(12-21)9-10-18(22-24(7,8)19(4,5)6)15(2)11-17-13-23-16(3)20-17/h9,11,13,18,21H,10,12H2,1-8H3/t18-/m0/s1. The van der Waals surface area contributed by atoms with Gasteiger partial charge in [-0.05, 0) is 57.0 Å². The normalized spacial score (nSPS) is 15.7. The van der Waals surface area contributed by atoms with Gasteiger partial charge in [0.1, 0.15) is 0 Å². The summed E-state index contributed by atoms with van der Waals surface area (Å²) in [7, 11) is -1.88. The number of hydrogen-bond acceptors (Lipinski definition) is 4. The number of aromatic nitrogens is 1. The van der Waals surface area contributed by atoms with Gasteiger partial charge >= 0.3 is 0 Å². The zero-order chi connectivity index (χ0) is 18.5. The minimum absolute atomic E-state index is 0.0226. The minimum atomic E-state index is -1.88. The van der Waals surface area contributed by atoms with Crippen LogP contribution in [0.15, 0.2) is 22.6 Å². The van der Waals surface area contributed by atoms with E-state index in [2.05, 4.69) is 63.3 Å². The maximum Gasteiger partial charge on any atom is 0.192 e. The SMILES string of the molecule is CC(=CC[C@H](O[Si](C)(C)C(C)(C)C)C(C)=Cc1csc(C)n1)CO. The largest absolute Gasteiger partial charge is 0.410 e. The highest BCUT2D eigenvalue weighted by molar-refractivity contribution is 7.09. The summed E-state index contributed by atoms with van der Waals surface area (Å²) in [5.41, 5.74) is 3.17. The molecule has 0 radical (unpaired) electrons. The first-order valence-electron chi connectivity index (χ1n) is 8.51. The number of aliphatic hydroxyl groups is 1. The molecular weight excluding hydrogens is 334 g/mol. The van der Waals surface area contributed by atoms with Gasteiger partial charge in [0.25, 0.3) is 0 Å². The highest BCUT2D eigenvalue weighted by Crippen LogP contribution is 2.38. The lowest BCUT2D eigenvalue weighted by atomic mass is 10.1. The Balaban J connectivity index is 3.06. The molecule has 1 aromatic rings. The van der Waals surface area contributed by atoms with E-state index in [1.165, 1.54) is 5.57 Å². The molecule has 0 spiro atoms. The first-order chi connectivity index (χ1) is 11.0. The van der Waals surface area contributed by atoms with E-state index in [0.717, 1.165) is 22.7 Å². The van der Waals surface area contributed by atoms with Gasteiger partial charge in [0, 0.05) is 5.38 Å². The molecule has 1 rings (SSSR count). The zero-order valence-electron chi connectivity index (χ0n) is 16.4. The van der Waals surface area contributed by atoms with Crippen molar-refractivity contribution in [3.63, 3.8) is 0 Å². The summed E-state index contributed by atoms with van der Waals surface area (Å²) >= 11 is 1.66. The molecule has 0 amide bonds. The molecular formula is C19H33NO2SSi. The van der Waals surface area contributed by atoms with Crippen LogP contribution in [0.5, 0.6) is 0 Å². The minimum Gasteiger partial charge on any atom is -0.410 e. The third-order valence-corrected chi connectivity index (χ3v) is 9.97. The van der Waals surface area contributed by atoms with Gasteiger partial charge < -0.3 is 9.53 Å². The molecule has 136 valence electrons. The van der Waals surface area contributed by atoms with Crippen LogP contribution < -0.4 is 0 Å². The number of aryl methyl sites for hydroxylation is 1. The van der Waals surface area contributed by atoms with Gasteiger partial charge in [0.05, 0.1) is 23.4 Å². The van der Waals surface area contributed by atoms with Crippen molar-refractivity contribution < 1.29 is 9.53 Å². The second-order valence-electron chi connectivity index (χ2n) is 7.99. The number of hydrogen-bond donors (Lipinski definition) is 1. The van der Waals surface area contributed by atoms with Crippen molar-refractivity contribution in [1.29, 1.82) is 0 Å². The van der Waals surface area contributed by atoms with Gasteiger partial charge in [-0.15, -0.1) is 11.3 Å². The Kier molecular flexibility index (Phi) is 7.60. The maximum absolute atomic E-state index is 9.26. The predicted octanol–water partition coefficient (Wildman–Crippen LogP) is 5.57. The summed E-state index contributed by atoms with van der Waals surface area (Å²) in [6.07, 6.45) is 5.02. The molecule has 5 heteroatoms. The molecule has 1 aromatic heterocycles. The first kappa shape index (κ1) is 21.3. The number of rotatable bonds is 7. The average molecular weight is 368 g/mol. The molecule has 1 atom stereocenters. The van der Waals surface area contributed by atoms with Gasteiger partial charge in [-0.3, -0.25) is 0 Å². The van der Waals surface area contributed by atoms with Crippen molar-refractivity contribution in [3.05, 3.63) is 33.3 Å². The van der Waals surface area contributed by atoms with Gasteiger partial charge in [0.15, 0.2) is 8.32 Å². The fourth-order valence-corrected chi connectivity index (χ4v) is 3.92. The summed E-state index contributed by atoms with van der Waals surface area (Å²) in [6.45, 7) is 17.5. The Bertz CT molecular complexity index is 597. The number of aliphatic hydroxyl groups excluding tert-OH is 1. The predicted molar refractivity (Wildman–Crippen MR) is 108 cm³/mol. The summed E-state index contributed by atoms with van der Waals surface area (Å²) in [5.74, 6) is 0. The van der Waals surface area contributed by atoms with E-state index in [0.29, 0.717) is 0 Å². The summed E-state index contributed by atoms with van der Waals surface area (Å²) in [5, 5.41) is 12.6. The van der Waals surface area contributed by atoms with Crippen molar-refractivity contribution >= 4 is 25.7 Å². The Morgan fingerprint density at radius 1 is 1.38 bits per heavy atom. The van der Waals surface area contributed by atoms with Crippen LogP contribution in [0, 0.1) is 6.92 Å². The van der Waals surface area contributed by atoms with E-state index in [9.17, 15) is 5.11 Å². The van der Waals surface area contributed by atoms with E-state index in [-0.39, 0.29) is 17.7 Å². The molecule has 0 fully saturated rings. The molecule has 0 bridgehead atoms. The van der Waals surface area contributed by atoms with E-state index in [1.54, 1.807) is 11.3 Å². The van der Waals surface area contributed by atoms with Crippen LogP contribution in [0.4, 0.5) is 0 Å². The van der Waals surface area contributed by atoms with E-state index in [4.69, 9.17) is 4.43 Å². The lowest BCUT2D eigenvalue weighted by Gasteiger charge is -2.39. The van der Waals surface area contributed by atoms with E-state index >= 15 is 0 Å². The highest BCUT2D eigenvalue weighted by atomic mass is 32.1. The van der Waals surface area contributed by atoms with E-state index < -0.39 is 8.32 Å².